The summed E-state index contributed by atoms with van der Waals surface area (Å²) in [6.07, 6.45) is 1.85. The summed E-state index contributed by atoms with van der Waals surface area (Å²) in [7, 11) is -0.749. The van der Waals surface area contributed by atoms with E-state index in [9.17, 15) is 4.21 Å². The van der Waals surface area contributed by atoms with Crippen LogP contribution in [0.1, 0.15) is 26.7 Å². The lowest BCUT2D eigenvalue weighted by Gasteiger charge is -2.05. The Kier molecular flexibility index (Phi) is 8.71. The molecule has 0 spiro atoms. The highest BCUT2D eigenvalue weighted by molar-refractivity contribution is 7.84. The molecule has 0 radical (unpaired) electrons. The van der Waals surface area contributed by atoms with E-state index in [2.05, 4.69) is 6.92 Å². The van der Waals surface area contributed by atoms with Crippen LogP contribution in [0.4, 0.5) is 0 Å². The average molecular weight is 207 g/mol. The molecule has 0 aromatic heterocycles. The van der Waals surface area contributed by atoms with Crippen LogP contribution in [0.2, 0.25) is 0 Å². The van der Waals surface area contributed by atoms with Gasteiger partial charge in [0.2, 0.25) is 0 Å². The Hall–Kier alpha value is 0.0700. The highest BCUT2D eigenvalue weighted by atomic mass is 32.2. The van der Waals surface area contributed by atoms with Crippen LogP contribution in [0.25, 0.3) is 0 Å². The summed E-state index contributed by atoms with van der Waals surface area (Å²) in [5.74, 6) is 1.35. The quantitative estimate of drug-likeness (QED) is 0.602. The van der Waals surface area contributed by atoms with Crippen molar-refractivity contribution in [1.29, 1.82) is 0 Å². The normalized spacial score (nSPS) is 15.6. The second-order valence-corrected chi connectivity index (χ2v) is 4.92. The Labute approximate surface area is 83.5 Å². The van der Waals surface area contributed by atoms with Crippen molar-refractivity contribution in [3.05, 3.63) is 0 Å². The van der Waals surface area contributed by atoms with Crippen molar-refractivity contribution >= 4 is 10.8 Å². The molecule has 2 N–H and O–H groups in total. The number of nitrogens with two attached hydrogens (primary N) is 1. The molecule has 0 aliphatic rings. The van der Waals surface area contributed by atoms with Gasteiger partial charge in [0.05, 0.1) is 6.61 Å². The minimum atomic E-state index is -0.749. The first kappa shape index (κ1) is 13.1. The standard InChI is InChI=1S/C9H21NO2S/c1-3-5-12-6-8-13(11)7-4-9(2)10/h9H,3-8,10H2,1-2H3. The van der Waals surface area contributed by atoms with Crippen LogP contribution in [-0.2, 0) is 15.5 Å². The minimum Gasteiger partial charge on any atom is -0.381 e. The third kappa shape index (κ3) is 9.99. The van der Waals surface area contributed by atoms with Crippen LogP contribution in [0.5, 0.6) is 0 Å². The molecule has 0 heterocycles. The second-order valence-electron chi connectivity index (χ2n) is 3.23. The SMILES string of the molecule is CCCOCCS(=O)CCC(C)N. The third-order valence-electron chi connectivity index (χ3n) is 1.60. The van der Waals surface area contributed by atoms with Gasteiger partial charge in [-0.1, -0.05) is 6.92 Å². The Morgan fingerprint density at radius 2 is 2.08 bits per heavy atom. The number of ether oxygens (including phenoxy) is 1. The molecule has 4 heteroatoms. The molecule has 2 atom stereocenters. The van der Waals surface area contributed by atoms with Gasteiger partial charge in [-0.3, -0.25) is 4.21 Å². The van der Waals surface area contributed by atoms with E-state index in [1.807, 2.05) is 6.92 Å². The molecule has 2 unspecified atom stereocenters. The van der Waals surface area contributed by atoms with Gasteiger partial charge >= 0.3 is 0 Å². The molecule has 0 aromatic carbocycles. The predicted molar refractivity (Wildman–Crippen MR) is 57.3 cm³/mol. The maximum absolute atomic E-state index is 11.3. The van der Waals surface area contributed by atoms with E-state index in [0.29, 0.717) is 18.1 Å². The molecule has 0 fully saturated rings. The van der Waals surface area contributed by atoms with E-state index in [-0.39, 0.29) is 6.04 Å². The fourth-order valence-electron chi connectivity index (χ4n) is 0.818. The van der Waals surface area contributed by atoms with Crippen molar-refractivity contribution in [2.24, 2.45) is 5.73 Å². The van der Waals surface area contributed by atoms with E-state index in [4.69, 9.17) is 10.5 Å². The molecule has 3 nitrogen and oxygen atoms in total. The fourth-order valence-corrected chi connectivity index (χ4v) is 1.96. The van der Waals surface area contributed by atoms with E-state index < -0.39 is 10.8 Å². The van der Waals surface area contributed by atoms with Crippen LogP contribution in [0, 0.1) is 0 Å². The highest BCUT2D eigenvalue weighted by Gasteiger charge is 2.01. The lowest BCUT2D eigenvalue weighted by molar-refractivity contribution is 0.150. The predicted octanol–water partition coefficient (Wildman–Crippen LogP) is 0.899. The van der Waals surface area contributed by atoms with Gasteiger partial charge in [0.1, 0.15) is 0 Å². The first-order valence-corrected chi connectivity index (χ1v) is 6.34. The largest absolute Gasteiger partial charge is 0.381 e. The lowest BCUT2D eigenvalue weighted by Crippen LogP contribution is -2.19. The van der Waals surface area contributed by atoms with Gasteiger partial charge in [-0.2, -0.15) is 0 Å². The summed E-state index contributed by atoms with van der Waals surface area (Å²) in [5, 5.41) is 0. The molecule has 0 saturated heterocycles. The summed E-state index contributed by atoms with van der Waals surface area (Å²) in [6, 6.07) is 0.153. The molecule has 0 bridgehead atoms. The molecular formula is C9H21NO2S. The second kappa shape index (κ2) is 8.66. The summed E-state index contributed by atoms with van der Waals surface area (Å²) < 4.78 is 16.5. The van der Waals surface area contributed by atoms with Crippen LogP contribution in [0.3, 0.4) is 0 Å². The smallest absolute Gasteiger partial charge is 0.0581 e. The summed E-state index contributed by atoms with van der Waals surface area (Å²) in [5.41, 5.74) is 5.55. The fraction of sp³-hybridized carbons (Fsp3) is 1.00. The van der Waals surface area contributed by atoms with Crippen molar-refractivity contribution < 1.29 is 8.95 Å². The van der Waals surface area contributed by atoms with Crippen molar-refractivity contribution in [2.45, 2.75) is 32.7 Å². The summed E-state index contributed by atoms with van der Waals surface area (Å²) in [4.78, 5) is 0. The van der Waals surface area contributed by atoms with Crippen LogP contribution in [-0.4, -0.2) is 35.0 Å². The third-order valence-corrected chi connectivity index (χ3v) is 2.92. The lowest BCUT2D eigenvalue weighted by atomic mass is 10.3. The molecule has 0 aromatic rings. The minimum absolute atomic E-state index is 0.153. The van der Waals surface area contributed by atoms with Gasteiger partial charge in [0.15, 0.2) is 0 Å². The monoisotopic (exact) mass is 207 g/mol. The average Bonchev–Trinajstić information content (AvgIpc) is 2.09. The van der Waals surface area contributed by atoms with Gasteiger partial charge in [-0.25, -0.2) is 0 Å². The molecule has 13 heavy (non-hydrogen) atoms. The van der Waals surface area contributed by atoms with E-state index in [1.165, 1.54) is 0 Å². The van der Waals surface area contributed by atoms with Gasteiger partial charge in [0.25, 0.3) is 0 Å². The van der Waals surface area contributed by atoms with Crippen molar-refractivity contribution in [2.75, 3.05) is 24.7 Å². The highest BCUT2D eigenvalue weighted by Crippen LogP contribution is 1.92. The number of rotatable bonds is 8. The molecular weight excluding hydrogens is 186 g/mol. The zero-order chi connectivity index (χ0) is 10.1. The first-order valence-electron chi connectivity index (χ1n) is 4.85. The Morgan fingerprint density at radius 1 is 1.38 bits per heavy atom. The van der Waals surface area contributed by atoms with Crippen molar-refractivity contribution in [3.63, 3.8) is 0 Å². The molecule has 0 saturated carbocycles. The Bertz CT molecular complexity index is 140. The summed E-state index contributed by atoms with van der Waals surface area (Å²) >= 11 is 0. The maximum Gasteiger partial charge on any atom is 0.0581 e. The van der Waals surface area contributed by atoms with Crippen LogP contribution in [0.15, 0.2) is 0 Å². The van der Waals surface area contributed by atoms with Gasteiger partial charge < -0.3 is 10.5 Å². The van der Waals surface area contributed by atoms with Crippen molar-refractivity contribution in [3.8, 4) is 0 Å². The number of hydrogen-bond acceptors (Lipinski definition) is 3. The molecule has 0 aliphatic carbocycles. The zero-order valence-electron chi connectivity index (χ0n) is 8.62. The van der Waals surface area contributed by atoms with Crippen LogP contribution >= 0.6 is 0 Å². The van der Waals surface area contributed by atoms with Gasteiger partial charge in [-0.15, -0.1) is 0 Å². The molecule has 0 amide bonds. The van der Waals surface area contributed by atoms with Gasteiger partial charge in [-0.05, 0) is 19.8 Å². The summed E-state index contributed by atoms with van der Waals surface area (Å²) in [6.45, 7) is 5.38. The molecule has 0 aliphatic heterocycles. The molecule has 80 valence electrons. The van der Waals surface area contributed by atoms with E-state index in [1.54, 1.807) is 0 Å². The Morgan fingerprint density at radius 3 is 2.62 bits per heavy atom. The van der Waals surface area contributed by atoms with E-state index >= 15 is 0 Å². The van der Waals surface area contributed by atoms with Crippen LogP contribution < -0.4 is 5.73 Å². The topological polar surface area (TPSA) is 52.3 Å². The Balaban J connectivity index is 3.20. The first-order chi connectivity index (χ1) is 6.16. The molecule has 0 rings (SSSR count). The zero-order valence-corrected chi connectivity index (χ0v) is 9.44. The van der Waals surface area contributed by atoms with Gasteiger partial charge in [0, 0.05) is 35.0 Å². The number of hydrogen-bond donors (Lipinski definition) is 1. The van der Waals surface area contributed by atoms with Crippen molar-refractivity contribution in [1.82, 2.24) is 0 Å². The van der Waals surface area contributed by atoms with E-state index in [0.717, 1.165) is 19.4 Å². The maximum atomic E-state index is 11.3.